The molecule has 2 atom stereocenters. The molecule has 0 spiro atoms. The highest BCUT2D eigenvalue weighted by Crippen LogP contribution is 2.31. The summed E-state index contributed by atoms with van der Waals surface area (Å²) in [5.74, 6) is -1.27. The lowest BCUT2D eigenvalue weighted by Gasteiger charge is -2.31. The van der Waals surface area contributed by atoms with Crippen molar-refractivity contribution in [1.82, 2.24) is 19.6 Å². The van der Waals surface area contributed by atoms with Gasteiger partial charge in [-0.05, 0) is 43.5 Å². The minimum absolute atomic E-state index is 0.0340. The number of hydrogen-bond acceptors (Lipinski definition) is 5. The highest BCUT2D eigenvalue weighted by atomic mass is 19.4. The first-order valence-corrected chi connectivity index (χ1v) is 11.6. The van der Waals surface area contributed by atoms with E-state index in [9.17, 15) is 18.0 Å². The standard InChI is InChI=1S/C25H27F3N4O3/c1-24(2)34-20(21(35-24)15-31-10-9-16-5-3-4-6-17(16)12-31)11-29-23(33)19-14-32-13-18(25(26,27)28)7-8-22(32)30-19/h3-8,13-14,20-21H,9-12,15H2,1-2H3,(H,29,33)/t20-,21-/m0/s1. The van der Waals surface area contributed by atoms with Crippen LogP contribution >= 0.6 is 0 Å². The molecule has 7 nitrogen and oxygen atoms in total. The Bertz CT molecular complexity index is 1240. The molecule has 4 heterocycles. The molecule has 0 unspecified atom stereocenters. The Morgan fingerprint density at radius 2 is 1.86 bits per heavy atom. The zero-order valence-corrected chi connectivity index (χ0v) is 19.5. The third kappa shape index (κ3) is 5.19. The van der Waals surface area contributed by atoms with Gasteiger partial charge in [0.05, 0.1) is 5.56 Å². The number of carbonyl (C=O) groups excluding carboxylic acids is 1. The van der Waals surface area contributed by atoms with Gasteiger partial charge in [-0.2, -0.15) is 13.2 Å². The summed E-state index contributed by atoms with van der Waals surface area (Å²) in [6.45, 7) is 6.28. The van der Waals surface area contributed by atoms with E-state index in [1.807, 2.05) is 19.9 Å². The normalized spacial score (nSPS) is 22.3. The first kappa shape index (κ1) is 23.8. The number of imidazole rings is 1. The second-order valence-electron chi connectivity index (χ2n) is 9.48. The topological polar surface area (TPSA) is 68.1 Å². The van der Waals surface area contributed by atoms with Crippen molar-refractivity contribution in [3.63, 3.8) is 0 Å². The molecule has 186 valence electrons. The molecule has 0 aliphatic carbocycles. The minimum atomic E-state index is -4.47. The number of nitrogens with zero attached hydrogens (tertiary/aromatic N) is 3. The summed E-state index contributed by atoms with van der Waals surface area (Å²) in [6, 6.07) is 10.6. The molecule has 0 radical (unpaired) electrons. The van der Waals surface area contributed by atoms with E-state index in [0.29, 0.717) is 6.54 Å². The third-order valence-corrected chi connectivity index (χ3v) is 6.41. The van der Waals surface area contributed by atoms with Gasteiger partial charge in [0, 0.05) is 38.6 Å². The quantitative estimate of drug-likeness (QED) is 0.594. The Balaban J connectivity index is 1.23. The van der Waals surface area contributed by atoms with E-state index in [4.69, 9.17) is 9.47 Å². The fourth-order valence-electron chi connectivity index (χ4n) is 4.75. The van der Waals surface area contributed by atoms with Crippen LogP contribution in [0.2, 0.25) is 0 Å². The lowest BCUT2D eigenvalue weighted by Crippen LogP contribution is -2.44. The van der Waals surface area contributed by atoms with Crippen molar-refractivity contribution in [2.24, 2.45) is 0 Å². The van der Waals surface area contributed by atoms with E-state index >= 15 is 0 Å². The third-order valence-electron chi connectivity index (χ3n) is 6.41. The lowest BCUT2D eigenvalue weighted by molar-refractivity contribution is -0.147. The molecule has 0 saturated carbocycles. The van der Waals surface area contributed by atoms with Gasteiger partial charge in [-0.1, -0.05) is 24.3 Å². The van der Waals surface area contributed by atoms with Crippen LogP contribution in [0.1, 0.15) is 41.0 Å². The second kappa shape index (κ2) is 8.92. The van der Waals surface area contributed by atoms with Crippen LogP contribution in [0.25, 0.3) is 5.65 Å². The van der Waals surface area contributed by atoms with Crippen molar-refractivity contribution in [3.05, 3.63) is 71.2 Å². The van der Waals surface area contributed by atoms with Gasteiger partial charge in [0.15, 0.2) is 5.79 Å². The number of nitrogens with one attached hydrogen (secondary N) is 1. The van der Waals surface area contributed by atoms with Crippen molar-refractivity contribution >= 4 is 11.6 Å². The first-order valence-electron chi connectivity index (χ1n) is 11.6. The molecule has 1 aromatic carbocycles. The predicted molar refractivity (Wildman–Crippen MR) is 122 cm³/mol. The Labute approximate surface area is 200 Å². The smallest absolute Gasteiger partial charge is 0.348 e. The SMILES string of the molecule is CC1(C)O[C@@H](CNC(=O)c2cn3cc(C(F)(F)F)ccc3n2)[C@H](CN2CCc3ccccc3C2)O1. The van der Waals surface area contributed by atoms with Crippen molar-refractivity contribution in [2.75, 3.05) is 19.6 Å². The van der Waals surface area contributed by atoms with Gasteiger partial charge in [0.2, 0.25) is 0 Å². The zero-order valence-electron chi connectivity index (χ0n) is 19.5. The van der Waals surface area contributed by atoms with E-state index in [1.165, 1.54) is 27.8 Å². The second-order valence-corrected chi connectivity index (χ2v) is 9.48. The highest BCUT2D eigenvalue weighted by molar-refractivity contribution is 5.92. The predicted octanol–water partition coefficient (Wildman–Crippen LogP) is 3.66. The van der Waals surface area contributed by atoms with Gasteiger partial charge in [-0.15, -0.1) is 0 Å². The Morgan fingerprint density at radius 1 is 1.11 bits per heavy atom. The Morgan fingerprint density at radius 3 is 2.63 bits per heavy atom. The van der Waals surface area contributed by atoms with Gasteiger partial charge in [-0.25, -0.2) is 4.98 Å². The number of alkyl halides is 3. The number of benzene rings is 1. The van der Waals surface area contributed by atoms with Gasteiger partial charge >= 0.3 is 6.18 Å². The summed E-state index contributed by atoms with van der Waals surface area (Å²) in [4.78, 5) is 19.2. The number of aromatic nitrogens is 2. The number of hydrogen-bond donors (Lipinski definition) is 1. The summed E-state index contributed by atoms with van der Waals surface area (Å²) in [7, 11) is 0. The average Bonchev–Trinajstić information content (AvgIpc) is 3.36. The van der Waals surface area contributed by atoms with E-state index < -0.39 is 23.4 Å². The molecule has 5 rings (SSSR count). The monoisotopic (exact) mass is 488 g/mol. The molecule has 2 aliphatic heterocycles. The van der Waals surface area contributed by atoms with Crippen LogP contribution in [0.3, 0.4) is 0 Å². The minimum Gasteiger partial charge on any atom is -0.348 e. The van der Waals surface area contributed by atoms with Crippen molar-refractivity contribution in [3.8, 4) is 0 Å². The zero-order chi connectivity index (χ0) is 24.8. The molecule has 35 heavy (non-hydrogen) atoms. The number of carbonyl (C=O) groups is 1. The van der Waals surface area contributed by atoms with Crippen LogP contribution in [-0.2, 0) is 28.6 Å². The number of halogens is 3. The molecule has 1 saturated heterocycles. The summed E-state index contributed by atoms with van der Waals surface area (Å²) < 4.78 is 52.3. The van der Waals surface area contributed by atoms with Gasteiger partial charge in [0.1, 0.15) is 23.5 Å². The fourth-order valence-corrected chi connectivity index (χ4v) is 4.75. The molecule has 10 heteroatoms. The van der Waals surface area contributed by atoms with Crippen LogP contribution in [0.15, 0.2) is 48.8 Å². The highest BCUT2D eigenvalue weighted by Gasteiger charge is 2.42. The molecule has 1 N–H and O–H groups in total. The van der Waals surface area contributed by atoms with Crippen molar-refractivity contribution in [1.29, 1.82) is 0 Å². The number of ether oxygens (including phenoxy) is 2. The van der Waals surface area contributed by atoms with Crippen LogP contribution in [-0.4, -0.2) is 57.8 Å². The van der Waals surface area contributed by atoms with E-state index in [2.05, 4.69) is 33.4 Å². The van der Waals surface area contributed by atoms with Crippen LogP contribution < -0.4 is 5.32 Å². The van der Waals surface area contributed by atoms with Gasteiger partial charge in [-0.3, -0.25) is 9.69 Å². The molecular formula is C25H27F3N4O3. The summed E-state index contributed by atoms with van der Waals surface area (Å²) >= 11 is 0. The molecular weight excluding hydrogens is 461 g/mol. The average molecular weight is 489 g/mol. The molecule has 2 aromatic heterocycles. The molecule has 1 fully saturated rings. The molecule has 2 aliphatic rings. The number of rotatable bonds is 5. The van der Waals surface area contributed by atoms with Gasteiger partial charge < -0.3 is 19.2 Å². The van der Waals surface area contributed by atoms with Crippen molar-refractivity contribution in [2.45, 2.75) is 51.0 Å². The number of pyridine rings is 1. The number of amides is 1. The Hall–Kier alpha value is -2.95. The van der Waals surface area contributed by atoms with Crippen LogP contribution in [0.5, 0.6) is 0 Å². The first-order chi connectivity index (χ1) is 16.6. The molecule has 3 aromatic rings. The summed E-state index contributed by atoms with van der Waals surface area (Å²) in [6.07, 6.45) is -1.91. The largest absolute Gasteiger partial charge is 0.417 e. The molecule has 1 amide bonds. The maximum Gasteiger partial charge on any atom is 0.417 e. The summed E-state index contributed by atoms with van der Waals surface area (Å²) in [5.41, 5.74) is 2.16. The van der Waals surface area contributed by atoms with Gasteiger partial charge in [0.25, 0.3) is 5.91 Å². The van der Waals surface area contributed by atoms with Crippen LogP contribution in [0, 0.1) is 0 Å². The van der Waals surface area contributed by atoms with Crippen LogP contribution in [0.4, 0.5) is 13.2 Å². The maximum atomic E-state index is 13.0. The lowest BCUT2D eigenvalue weighted by atomic mass is 9.99. The van der Waals surface area contributed by atoms with E-state index in [0.717, 1.165) is 31.8 Å². The number of fused-ring (bicyclic) bond motifs is 2. The maximum absolute atomic E-state index is 13.0. The van der Waals surface area contributed by atoms with E-state index in [-0.39, 0.29) is 30.1 Å². The Kier molecular flexibility index (Phi) is 6.06. The van der Waals surface area contributed by atoms with Crippen molar-refractivity contribution < 1.29 is 27.4 Å². The van der Waals surface area contributed by atoms with E-state index in [1.54, 1.807) is 0 Å². The fraction of sp³-hybridized carbons (Fsp3) is 0.440. The molecule has 0 bridgehead atoms. The summed E-state index contributed by atoms with van der Waals surface area (Å²) in [5, 5.41) is 2.81.